The fourth-order valence-electron chi connectivity index (χ4n) is 14.1. The summed E-state index contributed by atoms with van der Waals surface area (Å²) in [6.45, 7) is 22.4. The third-order valence-corrected chi connectivity index (χ3v) is 20.3. The summed E-state index contributed by atoms with van der Waals surface area (Å²) in [5.41, 5.74) is -0.314. The number of ether oxygens (including phenoxy) is 3. The van der Waals surface area contributed by atoms with Crippen molar-refractivity contribution < 1.29 is 76.0 Å². The maximum atomic E-state index is 12.6. The molecule has 0 radical (unpaired) electrons. The predicted octanol–water partition coefficient (Wildman–Crippen LogP) is 16.9. The van der Waals surface area contributed by atoms with Gasteiger partial charge < -0.3 is 47.2 Å². The molecule has 0 amide bonds. The molecule has 5 aromatic carbocycles. The van der Waals surface area contributed by atoms with Gasteiger partial charge in [0.05, 0.1) is 53.3 Å². The number of aliphatic hydroxyl groups is 3. The van der Waals surface area contributed by atoms with E-state index in [1.807, 2.05) is 179 Å². The van der Waals surface area contributed by atoms with Crippen LogP contribution < -0.4 is 21.7 Å². The molecule has 1 aliphatic heterocycles. The van der Waals surface area contributed by atoms with Crippen LogP contribution in [0.4, 0.5) is 0 Å². The Bertz CT molecular complexity index is 5720. The summed E-state index contributed by atoms with van der Waals surface area (Å²) in [6, 6.07) is 51.9. The van der Waals surface area contributed by atoms with E-state index in [2.05, 4.69) is 0 Å². The van der Waals surface area contributed by atoms with Crippen molar-refractivity contribution in [2.24, 2.45) is 5.41 Å². The molecule has 9 aromatic rings. The van der Waals surface area contributed by atoms with Gasteiger partial charge >= 0.3 is 0 Å². The van der Waals surface area contributed by atoms with Crippen LogP contribution in [0.2, 0.25) is 0 Å². The quantitative estimate of drug-likeness (QED) is 0.133. The van der Waals surface area contributed by atoms with E-state index in [-0.39, 0.29) is 136 Å². The fraction of sp³-hybridized carbons (Fsp3) is 0.244. The average Bonchev–Trinajstić information content (AvgIpc) is 0.775. The molecule has 3 N–H and O–H groups in total. The number of allylic oxidation sites excluding steroid dienone is 9. The van der Waals surface area contributed by atoms with E-state index < -0.39 is 33.2 Å². The highest BCUT2D eigenvalue weighted by atomic mass is 16.5. The number of carbonyl (C=O) groups excluding carboxylic acids is 6. The van der Waals surface area contributed by atoms with E-state index in [0.29, 0.717) is 51.7 Å². The molecule has 0 saturated heterocycles. The molecule has 1 atom stereocenters. The SMILES string of the molecule is CC1(C)C(=O)C=C(O)c2c1oc(-c1ccccc1)cc2=O.CC1=C(O)C2=C(OC(c3ccccc3)CC2=O)C(C)(C)C1=O.CC1=C(O)c2c(oc(-c3ccccc3)cc2=O)C(C)(C)C1=O.COC1=C(C)C(=O)c2c(oc(-c3ccccc3)cc2=O)C1(C)C.COC1=CC(=O)c2c(oc(-c3ccccc3)cc2=O)C1(C)C. The van der Waals surface area contributed by atoms with Crippen molar-refractivity contribution >= 4 is 46.2 Å². The maximum Gasteiger partial charge on any atom is 0.199 e. The number of ketones is 6. The molecule has 20 nitrogen and oxygen atoms in total. The molecule has 0 bridgehead atoms. The Balaban J connectivity index is 0.000000136. The van der Waals surface area contributed by atoms with E-state index in [1.165, 1.54) is 51.5 Å². The highest BCUT2D eigenvalue weighted by molar-refractivity contribution is 6.13. The van der Waals surface area contributed by atoms with E-state index in [4.69, 9.17) is 31.9 Å². The lowest BCUT2D eigenvalue weighted by Gasteiger charge is -2.38. The zero-order chi connectivity index (χ0) is 80.0. The molecule has 0 fully saturated rings. The molecule has 5 heterocycles. The lowest BCUT2D eigenvalue weighted by Crippen LogP contribution is -2.39. The van der Waals surface area contributed by atoms with Gasteiger partial charge in [-0.3, -0.25) is 47.9 Å². The summed E-state index contributed by atoms with van der Waals surface area (Å²) < 4.78 is 40.3. The van der Waals surface area contributed by atoms with Gasteiger partial charge in [-0.1, -0.05) is 152 Å². The number of rotatable bonds is 7. The Morgan fingerprint density at radius 1 is 0.391 bits per heavy atom. The Hall–Kier alpha value is -12.8. The first-order chi connectivity index (χ1) is 51.9. The Morgan fingerprint density at radius 2 is 0.764 bits per heavy atom. The van der Waals surface area contributed by atoms with Crippen LogP contribution in [-0.2, 0) is 55.0 Å². The van der Waals surface area contributed by atoms with Gasteiger partial charge in [-0.05, 0) is 95.6 Å². The van der Waals surface area contributed by atoms with Crippen LogP contribution in [0.15, 0.2) is 270 Å². The summed E-state index contributed by atoms with van der Waals surface area (Å²) in [6.07, 6.45) is 2.18. The molecule has 4 aromatic heterocycles. The van der Waals surface area contributed by atoms with Crippen molar-refractivity contribution in [3.05, 3.63) is 325 Å². The van der Waals surface area contributed by atoms with Crippen molar-refractivity contribution in [2.45, 2.75) is 124 Å². The van der Waals surface area contributed by atoms with E-state index in [0.717, 1.165) is 33.9 Å². The van der Waals surface area contributed by atoms with Crippen LogP contribution >= 0.6 is 0 Å². The third kappa shape index (κ3) is 14.3. The minimum absolute atomic E-state index is 0.0688. The average molecular weight is 1480 g/mol. The topological polar surface area (TPSA) is 312 Å². The summed E-state index contributed by atoms with van der Waals surface area (Å²) >= 11 is 0. The normalized spacial score (nSPS) is 17.9. The number of fused-ring (bicyclic) bond motifs is 4. The van der Waals surface area contributed by atoms with Crippen molar-refractivity contribution in [1.82, 2.24) is 0 Å². The molecule has 15 rings (SSSR count). The fourth-order valence-corrected chi connectivity index (χ4v) is 14.1. The molecule has 110 heavy (non-hydrogen) atoms. The van der Waals surface area contributed by atoms with Gasteiger partial charge in [0.1, 0.15) is 109 Å². The number of hydrogen-bond acceptors (Lipinski definition) is 20. The first-order valence-corrected chi connectivity index (χ1v) is 35.3. The number of carbonyl (C=O) groups is 6. The maximum absolute atomic E-state index is 12.6. The van der Waals surface area contributed by atoms with Crippen LogP contribution in [0.5, 0.6) is 0 Å². The van der Waals surface area contributed by atoms with Crippen LogP contribution in [0.3, 0.4) is 0 Å². The lowest BCUT2D eigenvalue weighted by atomic mass is 9.73. The van der Waals surface area contributed by atoms with Crippen molar-refractivity contribution in [3.8, 4) is 45.3 Å². The molecule has 5 aliphatic carbocycles. The van der Waals surface area contributed by atoms with Crippen LogP contribution in [-0.4, -0.2) is 64.2 Å². The van der Waals surface area contributed by atoms with Gasteiger partial charge in [-0.2, -0.15) is 0 Å². The first kappa shape index (κ1) is 78.2. The third-order valence-electron chi connectivity index (χ3n) is 20.3. The first-order valence-electron chi connectivity index (χ1n) is 35.3. The minimum Gasteiger partial charge on any atom is -0.507 e. The van der Waals surface area contributed by atoms with Gasteiger partial charge in [0.2, 0.25) is 0 Å². The smallest absolute Gasteiger partial charge is 0.199 e. The largest absolute Gasteiger partial charge is 0.507 e. The minimum atomic E-state index is -0.990. The Labute approximate surface area is 633 Å². The predicted molar refractivity (Wildman–Crippen MR) is 414 cm³/mol. The monoisotopic (exact) mass is 1480 g/mol. The van der Waals surface area contributed by atoms with Gasteiger partial charge in [-0.15, -0.1) is 0 Å². The van der Waals surface area contributed by atoms with Crippen molar-refractivity contribution in [1.29, 1.82) is 0 Å². The second kappa shape index (κ2) is 30.1. The highest BCUT2D eigenvalue weighted by Crippen LogP contribution is 2.48. The number of aliphatic hydroxyl groups excluding tert-OH is 3. The van der Waals surface area contributed by atoms with Crippen molar-refractivity contribution in [2.75, 3.05) is 14.2 Å². The lowest BCUT2D eigenvalue weighted by molar-refractivity contribution is -0.128. The van der Waals surface area contributed by atoms with Crippen LogP contribution in [0, 0.1) is 5.41 Å². The van der Waals surface area contributed by atoms with Gasteiger partial charge in [0.25, 0.3) is 0 Å². The molecule has 6 aliphatic rings. The molecular weight excluding hydrogens is 1400 g/mol. The number of benzene rings is 5. The molecule has 0 saturated carbocycles. The zero-order valence-electron chi connectivity index (χ0n) is 63.5. The second-order valence-electron chi connectivity index (χ2n) is 29.7. The molecule has 20 heteroatoms. The zero-order valence-corrected chi connectivity index (χ0v) is 63.5. The standard InChI is InChI=1S/C19H18O4.C18H16O4.C18H18O4.C18H16O4.C17H14O4/c1-11-16(21)15-13(20)10-14(12-8-6-5-7-9-12)23-18(15)19(2,3)17(11)22-4;1-18(2)15(21-3)10-13(20)16-12(19)9-14(22-17(16)18)11-7-5-4-6-8-11;2*1-10-15(20)14-12(19)9-13(11-7-5-4-6-8-11)22-17(14)18(2,3)16(10)21;1-17(2)14(20)9-12(19)15-11(18)8-13(21-16(15)17)10-6-4-3-5-7-10/h5-10H,1-4H3;4-10H,1-3H3;4-8,13,20H,9H2,1-3H3;4-9,20H,1-3H3;3-9,19H,1-2H3. The van der Waals surface area contributed by atoms with Crippen LogP contribution in [0.1, 0.15) is 163 Å². The summed E-state index contributed by atoms with van der Waals surface area (Å²) in [5, 5.41) is 30.3. The number of Topliss-reactive ketones (excluding diaryl/α,β-unsaturated/α-hetero) is 4. The summed E-state index contributed by atoms with van der Waals surface area (Å²) in [5.74, 6) is 1.60. The summed E-state index contributed by atoms with van der Waals surface area (Å²) in [7, 11) is 3.03. The van der Waals surface area contributed by atoms with Crippen molar-refractivity contribution in [3.63, 3.8) is 0 Å². The Morgan fingerprint density at radius 3 is 1.20 bits per heavy atom. The second-order valence-corrected chi connectivity index (χ2v) is 29.7. The van der Waals surface area contributed by atoms with E-state index >= 15 is 0 Å². The highest BCUT2D eigenvalue weighted by Gasteiger charge is 2.49. The summed E-state index contributed by atoms with van der Waals surface area (Å²) in [4.78, 5) is 124. The van der Waals surface area contributed by atoms with E-state index in [9.17, 15) is 63.3 Å². The van der Waals surface area contributed by atoms with Gasteiger partial charge in [0.15, 0.2) is 56.4 Å². The molecular formula is C90H82O20. The number of hydrogen-bond donors (Lipinski definition) is 3. The molecule has 0 spiro atoms. The Kier molecular flexibility index (Phi) is 21.4. The number of methoxy groups -OCH3 is 2. The van der Waals surface area contributed by atoms with Gasteiger partial charge in [0, 0.05) is 75.4 Å². The molecule has 1 unspecified atom stereocenters. The molecule has 562 valence electrons. The van der Waals surface area contributed by atoms with Gasteiger partial charge in [-0.25, -0.2) is 0 Å². The van der Waals surface area contributed by atoms with Crippen LogP contribution in [0.25, 0.3) is 56.8 Å². The van der Waals surface area contributed by atoms with E-state index in [1.54, 1.807) is 55.4 Å².